The van der Waals surface area contributed by atoms with Crippen LogP contribution in [0.1, 0.15) is 40.4 Å². The average Bonchev–Trinajstić information content (AvgIpc) is 2.25. The van der Waals surface area contributed by atoms with E-state index in [9.17, 15) is 9.90 Å². The van der Waals surface area contributed by atoms with Gasteiger partial charge in [-0.25, -0.2) is 4.79 Å². The number of carbonyl (C=O) groups is 1. The van der Waals surface area contributed by atoms with Crippen LogP contribution in [-0.4, -0.2) is 17.2 Å². The number of phenolic OH excluding ortho intramolecular Hbond substituents is 1. The highest BCUT2D eigenvalue weighted by molar-refractivity contribution is 5.96. The zero-order valence-corrected chi connectivity index (χ0v) is 9.83. The quantitative estimate of drug-likeness (QED) is 0.740. The Bertz CT molecular complexity index is 449. The fourth-order valence-electron chi connectivity index (χ4n) is 2.21. The molecule has 1 aliphatic rings. The lowest BCUT2D eigenvalue weighted by Gasteiger charge is -2.26. The molecule has 2 rings (SSSR count). The lowest BCUT2D eigenvalue weighted by molar-refractivity contribution is 0.0244. The van der Waals surface area contributed by atoms with Crippen molar-refractivity contribution in [2.24, 2.45) is 0 Å². The monoisotopic (exact) mass is 220 g/mol. The second-order valence-corrected chi connectivity index (χ2v) is 4.35. The lowest BCUT2D eigenvalue weighted by atomic mass is 9.91. The second kappa shape index (κ2) is 3.81. The summed E-state index contributed by atoms with van der Waals surface area (Å²) in [5, 5.41) is 9.90. The van der Waals surface area contributed by atoms with Crippen LogP contribution < -0.4 is 0 Å². The summed E-state index contributed by atoms with van der Waals surface area (Å²) in [6, 6.07) is 1.92. The molecule has 0 radical (unpaired) electrons. The van der Waals surface area contributed by atoms with Gasteiger partial charge in [0.15, 0.2) is 0 Å². The molecule has 3 heteroatoms. The Labute approximate surface area is 95.0 Å². The third kappa shape index (κ3) is 1.56. The summed E-state index contributed by atoms with van der Waals surface area (Å²) in [6.45, 7) is 5.75. The number of ether oxygens (including phenoxy) is 1. The Morgan fingerprint density at radius 3 is 2.75 bits per heavy atom. The van der Waals surface area contributed by atoms with Crippen molar-refractivity contribution in [3.8, 4) is 5.75 Å². The van der Waals surface area contributed by atoms with E-state index in [1.165, 1.54) is 0 Å². The molecule has 1 aliphatic heterocycles. The van der Waals surface area contributed by atoms with Gasteiger partial charge in [-0.05, 0) is 37.0 Å². The van der Waals surface area contributed by atoms with E-state index >= 15 is 0 Å². The first-order chi connectivity index (χ1) is 7.54. The van der Waals surface area contributed by atoms with Crippen molar-refractivity contribution in [3.63, 3.8) is 0 Å². The van der Waals surface area contributed by atoms with E-state index in [0.29, 0.717) is 12.0 Å². The van der Waals surface area contributed by atoms with Crippen molar-refractivity contribution in [1.82, 2.24) is 0 Å². The molecule has 1 aromatic rings. The number of rotatable bonds is 1. The van der Waals surface area contributed by atoms with Crippen LogP contribution in [0, 0.1) is 13.8 Å². The summed E-state index contributed by atoms with van der Waals surface area (Å²) in [4.78, 5) is 11.8. The highest BCUT2D eigenvalue weighted by Crippen LogP contribution is 2.34. The molecule has 0 saturated carbocycles. The van der Waals surface area contributed by atoms with Gasteiger partial charge in [0.25, 0.3) is 0 Å². The molecule has 3 nitrogen and oxygen atoms in total. The van der Waals surface area contributed by atoms with E-state index in [2.05, 4.69) is 0 Å². The summed E-state index contributed by atoms with van der Waals surface area (Å²) in [6.07, 6.45) is 1.46. The molecule has 0 aromatic heterocycles. The van der Waals surface area contributed by atoms with Crippen LogP contribution >= 0.6 is 0 Å². The molecule has 86 valence electrons. The number of cyclic esters (lactones) is 1. The number of benzene rings is 1. The molecular formula is C13H16O3. The van der Waals surface area contributed by atoms with Crippen LogP contribution in [0.3, 0.4) is 0 Å². The molecule has 0 bridgehead atoms. The van der Waals surface area contributed by atoms with Crippen molar-refractivity contribution < 1.29 is 14.6 Å². The van der Waals surface area contributed by atoms with Gasteiger partial charge in [-0.15, -0.1) is 0 Å². The molecule has 16 heavy (non-hydrogen) atoms. The number of carbonyl (C=O) groups excluding carboxylic acids is 1. The molecule has 1 N–H and O–H groups in total. The maximum Gasteiger partial charge on any atom is 0.342 e. The van der Waals surface area contributed by atoms with Crippen LogP contribution in [0.15, 0.2) is 6.07 Å². The molecule has 1 heterocycles. The van der Waals surface area contributed by atoms with E-state index in [-0.39, 0.29) is 11.9 Å². The van der Waals surface area contributed by atoms with Crippen molar-refractivity contribution in [3.05, 3.63) is 28.3 Å². The predicted octanol–water partition coefficient (Wildman–Crippen LogP) is 2.50. The number of phenols is 1. The first-order valence-corrected chi connectivity index (χ1v) is 5.57. The summed E-state index contributed by atoms with van der Waals surface area (Å²) >= 11 is 0. The van der Waals surface area contributed by atoms with Gasteiger partial charge in [0.05, 0.1) is 0 Å². The molecule has 0 aliphatic carbocycles. The van der Waals surface area contributed by atoms with Gasteiger partial charge in [-0.2, -0.15) is 0 Å². The number of aryl methyl sites for hydroxylation is 2. The first-order valence-electron chi connectivity index (χ1n) is 5.57. The third-order valence-corrected chi connectivity index (χ3v) is 3.19. The summed E-state index contributed by atoms with van der Waals surface area (Å²) in [7, 11) is 0. The van der Waals surface area contributed by atoms with Crippen molar-refractivity contribution in [1.29, 1.82) is 0 Å². The fourth-order valence-corrected chi connectivity index (χ4v) is 2.21. The minimum absolute atomic E-state index is 0.0548. The molecule has 1 atom stereocenters. The van der Waals surface area contributed by atoms with Gasteiger partial charge in [0, 0.05) is 6.42 Å². The van der Waals surface area contributed by atoms with E-state index < -0.39 is 5.97 Å². The highest BCUT2D eigenvalue weighted by atomic mass is 16.5. The SMILES string of the molecule is CCC1Cc2c(C)cc(C)c(O)c2C(=O)O1. The Kier molecular flexibility index (Phi) is 2.62. The number of aromatic hydroxyl groups is 1. The van der Waals surface area contributed by atoms with Gasteiger partial charge in [-0.1, -0.05) is 13.0 Å². The third-order valence-electron chi connectivity index (χ3n) is 3.19. The Hall–Kier alpha value is -1.51. The lowest BCUT2D eigenvalue weighted by Crippen LogP contribution is -2.28. The molecule has 0 amide bonds. The first kappa shape index (κ1) is 11.0. The normalized spacial score (nSPS) is 19.2. The minimum Gasteiger partial charge on any atom is -0.507 e. The van der Waals surface area contributed by atoms with Crippen molar-refractivity contribution in [2.75, 3.05) is 0 Å². The molecule has 0 fully saturated rings. The standard InChI is InChI=1S/C13H16O3/c1-4-9-6-10-7(2)5-8(3)12(14)11(10)13(15)16-9/h5,9,14H,4,6H2,1-3H3. The zero-order valence-electron chi connectivity index (χ0n) is 9.83. The number of hydrogen-bond acceptors (Lipinski definition) is 3. The topological polar surface area (TPSA) is 46.5 Å². The maximum absolute atomic E-state index is 11.8. The minimum atomic E-state index is -0.391. The summed E-state index contributed by atoms with van der Waals surface area (Å²) in [5.74, 6) is -0.322. The number of esters is 1. The van der Waals surface area contributed by atoms with Crippen molar-refractivity contribution in [2.45, 2.75) is 39.7 Å². The Balaban J connectivity index is 2.60. The molecule has 1 aromatic carbocycles. The van der Waals surface area contributed by atoms with Crippen LogP contribution in [0.4, 0.5) is 0 Å². The molecule has 0 spiro atoms. The number of hydrogen-bond donors (Lipinski definition) is 1. The fraction of sp³-hybridized carbons (Fsp3) is 0.462. The van der Waals surface area contributed by atoms with E-state index in [0.717, 1.165) is 23.1 Å². The van der Waals surface area contributed by atoms with Gasteiger partial charge in [-0.3, -0.25) is 0 Å². The van der Waals surface area contributed by atoms with Crippen LogP contribution in [-0.2, 0) is 11.2 Å². The van der Waals surface area contributed by atoms with Crippen molar-refractivity contribution >= 4 is 5.97 Å². The van der Waals surface area contributed by atoms with E-state index in [1.54, 1.807) is 6.92 Å². The van der Waals surface area contributed by atoms with Gasteiger partial charge in [0.1, 0.15) is 17.4 Å². The van der Waals surface area contributed by atoms with Crippen LogP contribution in [0.25, 0.3) is 0 Å². The van der Waals surface area contributed by atoms with Gasteiger partial charge < -0.3 is 9.84 Å². The number of fused-ring (bicyclic) bond motifs is 1. The van der Waals surface area contributed by atoms with Gasteiger partial charge >= 0.3 is 5.97 Å². The van der Waals surface area contributed by atoms with E-state index in [4.69, 9.17) is 4.74 Å². The largest absolute Gasteiger partial charge is 0.507 e. The Morgan fingerprint density at radius 1 is 1.44 bits per heavy atom. The summed E-state index contributed by atoms with van der Waals surface area (Å²) < 4.78 is 5.25. The van der Waals surface area contributed by atoms with Gasteiger partial charge in [0.2, 0.25) is 0 Å². The van der Waals surface area contributed by atoms with Crippen LogP contribution in [0.5, 0.6) is 5.75 Å². The smallest absolute Gasteiger partial charge is 0.342 e. The maximum atomic E-state index is 11.8. The highest BCUT2D eigenvalue weighted by Gasteiger charge is 2.30. The average molecular weight is 220 g/mol. The Morgan fingerprint density at radius 2 is 2.12 bits per heavy atom. The summed E-state index contributed by atoms with van der Waals surface area (Å²) in [5.41, 5.74) is 3.08. The second-order valence-electron chi connectivity index (χ2n) is 4.35. The molecule has 1 unspecified atom stereocenters. The zero-order chi connectivity index (χ0) is 11.9. The van der Waals surface area contributed by atoms with Crippen LogP contribution in [0.2, 0.25) is 0 Å². The molecular weight excluding hydrogens is 204 g/mol. The van der Waals surface area contributed by atoms with E-state index in [1.807, 2.05) is 19.9 Å². The predicted molar refractivity (Wildman–Crippen MR) is 60.8 cm³/mol. The molecule has 0 saturated heterocycles.